The van der Waals surface area contributed by atoms with Gasteiger partial charge in [-0.3, -0.25) is 0 Å². The van der Waals surface area contributed by atoms with Crippen LogP contribution in [0.15, 0.2) is 34.5 Å². The Morgan fingerprint density at radius 2 is 2.38 bits per heavy atom. The van der Waals surface area contributed by atoms with Gasteiger partial charge in [0.2, 0.25) is 0 Å². The second-order valence-corrected chi connectivity index (χ2v) is 4.41. The van der Waals surface area contributed by atoms with Crippen LogP contribution in [0.5, 0.6) is 5.75 Å². The van der Waals surface area contributed by atoms with Crippen LogP contribution in [0.1, 0.15) is 6.42 Å². The fourth-order valence-corrected chi connectivity index (χ4v) is 1.66. The number of anilines is 1. The van der Waals surface area contributed by atoms with E-state index in [1.807, 2.05) is 0 Å². The van der Waals surface area contributed by atoms with Crippen LogP contribution < -0.4 is 15.8 Å². The van der Waals surface area contributed by atoms with Crippen molar-refractivity contribution in [1.82, 2.24) is 4.98 Å². The SMILES string of the molecule is NCC(=CF)COc1ccc2nc(NCCCO)oc2c1. The molecule has 0 saturated carbocycles. The van der Waals surface area contributed by atoms with E-state index in [0.29, 0.717) is 47.7 Å². The summed E-state index contributed by atoms with van der Waals surface area (Å²) in [4.78, 5) is 4.25. The Labute approximate surface area is 121 Å². The predicted molar refractivity (Wildman–Crippen MR) is 77.9 cm³/mol. The highest BCUT2D eigenvalue weighted by molar-refractivity contribution is 5.76. The Balaban J connectivity index is 2.03. The molecule has 6 nitrogen and oxygen atoms in total. The molecule has 0 aliphatic rings. The zero-order chi connectivity index (χ0) is 15.1. The number of aliphatic hydroxyl groups excluding tert-OH is 1. The van der Waals surface area contributed by atoms with E-state index in [1.165, 1.54) is 0 Å². The number of halogens is 1. The number of fused-ring (bicyclic) bond motifs is 1. The molecule has 0 aliphatic carbocycles. The van der Waals surface area contributed by atoms with Crippen molar-refractivity contribution in [1.29, 1.82) is 0 Å². The summed E-state index contributed by atoms with van der Waals surface area (Å²) in [6, 6.07) is 5.56. The van der Waals surface area contributed by atoms with Crippen molar-refractivity contribution in [3.05, 3.63) is 30.1 Å². The summed E-state index contributed by atoms with van der Waals surface area (Å²) in [5.74, 6) is 0.549. The smallest absolute Gasteiger partial charge is 0.295 e. The van der Waals surface area contributed by atoms with Crippen molar-refractivity contribution in [2.45, 2.75) is 6.42 Å². The maximum absolute atomic E-state index is 12.4. The van der Waals surface area contributed by atoms with Gasteiger partial charge in [-0.1, -0.05) is 0 Å². The largest absolute Gasteiger partial charge is 0.489 e. The molecule has 114 valence electrons. The van der Waals surface area contributed by atoms with Gasteiger partial charge in [0.1, 0.15) is 17.9 Å². The van der Waals surface area contributed by atoms with Crippen molar-refractivity contribution in [2.24, 2.45) is 5.73 Å². The number of hydrogen-bond donors (Lipinski definition) is 3. The lowest BCUT2D eigenvalue weighted by molar-refractivity contribution is 0.292. The zero-order valence-electron chi connectivity index (χ0n) is 11.5. The van der Waals surface area contributed by atoms with Gasteiger partial charge < -0.3 is 25.3 Å². The molecule has 2 aromatic rings. The van der Waals surface area contributed by atoms with Crippen LogP contribution in [0, 0.1) is 0 Å². The number of benzene rings is 1. The summed E-state index contributed by atoms with van der Waals surface area (Å²) in [5, 5.41) is 11.7. The molecule has 1 heterocycles. The number of hydrogen-bond acceptors (Lipinski definition) is 6. The summed E-state index contributed by atoms with van der Waals surface area (Å²) >= 11 is 0. The molecule has 1 aromatic carbocycles. The van der Waals surface area contributed by atoms with E-state index < -0.39 is 0 Å². The van der Waals surface area contributed by atoms with Gasteiger partial charge in [-0.2, -0.15) is 4.98 Å². The molecule has 21 heavy (non-hydrogen) atoms. The summed E-state index contributed by atoms with van der Waals surface area (Å²) in [6.07, 6.45) is 1.07. The van der Waals surface area contributed by atoms with Crippen molar-refractivity contribution in [3.8, 4) is 5.75 Å². The summed E-state index contributed by atoms with van der Waals surface area (Å²) in [5.41, 5.74) is 6.99. The lowest BCUT2D eigenvalue weighted by Gasteiger charge is -2.06. The fraction of sp³-hybridized carbons (Fsp3) is 0.357. The molecular formula is C14H18FN3O3. The van der Waals surface area contributed by atoms with E-state index in [9.17, 15) is 4.39 Å². The molecular weight excluding hydrogens is 277 g/mol. The number of aromatic nitrogens is 1. The maximum Gasteiger partial charge on any atom is 0.295 e. The van der Waals surface area contributed by atoms with Gasteiger partial charge in [0.05, 0.1) is 6.33 Å². The van der Waals surface area contributed by atoms with E-state index in [-0.39, 0.29) is 19.8 Å². The van der Waals surface area contributed by atoms with Crippen LogP contribution in [0.2, 0.25) is 0 Å². The van der Waals surface area contributed by atoms with E-state index in [1.54, 1.807) is 18.2 Å². The third-order valence-electron chi connectivity index (χ3n) is 2.81. The minimum atomic E-state index is 0.0915. The molecule has 2 rings (SSSR count). The lowest BCUT2D eigenvalue weighted by Crippen LogP contribution is -2.10. The number of aliphatic hydroxyl groups is 1. The topological polar surface area (TPSA) is 93.5 Å². The van der Waals surface area contributed by atoms with Gasteiger partial charge in [-0.05, 0) is 18.6 Å². The van der Waals surface area contributed by atoms with Crippen LogP contribution in [-0.2, 0) is 0 Å². The van der Waals surface area contributed by atoms with E-state index in [0.717, 1.165) is 0 Å². The Morgan fingerprint density at radius 3 is 3.10 bits per heavy atom. The molecule has 7 heteroatoms. The first-order chi connectivity index (χ1) is 10.3. The monoisotopic (exact) mass is 295 g/mol. The van der Waals surface area contributed by atoms with Gasteiger partial charge in [0.15, 0.2) is 5.58 Å². The van der Waals surface area contributed by atoms with E-state index in [2.05, 4.69) is 10.3 Å². The predicted octanol–water partition coefficient (Wildman–Crippen LogP) is 1.81. The Morgan fingerprint density at radius 1 is 1.52 bits per heavy atom. The highest BCUT2D eigenvalue weighted by Crippen LogP contribution is 2.24. The maximum atomic E-state index is 12.4. The van der Waals surface area contributed by atoms with Crippen LogP contribution >= 0.6 is 0 Å². The van der Waals surface area contributed by atoms with Gasteiger partial charge in [0, 0.05) is 31.3 Å². The quantitative estimate of drug-likeness (QED) is 0.643. The first-order valence-electron chi connectivity index (χ1n) is 6.63. The number of nitrogens with one attached hydrogen (secondary N) is 1. The number of nitrogens with zero attached hydrogens (tertiary/aromatic N) is 1. The Kier molecular flexibility index (Phi) is 5.53. The van der Waals surface area contributed by atoms with Crippen molar-refractivity contribution in [3.63, 3.8) is 0 Å². The number of nitrogens with two attached hydrogens (primary N) is 1. The second kappa shape index (κ2) is 7.61. The van der Waals surface area contributed by atoms with E-state index in [4.69, 9.17) is 20.0 Å². The molecule has 0 saturated heterocycles. The second-order valence-electron chi connectivity index (χ2n) is 4.41. The molecule has 0 spiro atoms. The number of ether oxygens (including phenoxy) is 1. The van der Waals surface area contributed by atoms with E-state index >= 15 is 0 Å². The van der Waals surface area contributed by atoms with Crippen molar-refractivity contribution in [2.75, 3.05) is 31.6 Å². The molecule has 0 fully saturated rings. The molecule has 1 aromatic heterocycles. The third kappa shape index (κ3) is 4.17. The zero-order valence-corrected chi connectivity index (χ0v) is 11.5. The van der Waals surface area contributed by atoms with Gasteiger partial charge in [-0.25, -0.2) is 4.39 Å². The molecule has 0 radical (unpaired) electrons. The van der Waals surface area contributed by atoms with Crippen LogP contribution in [-0.4, -0.2) is 36.4 Å². The number of rotatable bonds is 8. The van der Waals surface area contributed by atoms with Gasteiger partial charge in [-0.15, -0.1) is 0 Å². The Bertz CT molecular complexity index is 613. The molecule has 0 atom stereocenters. The summed E-state index contributed by atoms with van der Waals surface area (Å²) in [7, 11) is 0. The highest BCUT2D eigenvalue weighted by Gasteiger charge is 2.07. The minimum Gasteiger partial charge on any atom is -0.489 e. The summed E-state index contributed by atoms with van der Waals surface area (Å²) in [6.45, 7) is 0.888. The minimum absolute atomic E-state index is 0.0915. The van der Waals surface area contributed by atoms with Crippen molar-refractivity contribution >= 4 is 17.1 Å². The molecule has 0 aliphatic heterocycles. The standard InChI is InChI=1S/C14H18FN3O3/c15-7-10(8-16)9-20-11-2-3-12-13(6-11)21-14(18-12)17-4-1-5-19/h2-3,6-7,19H,1,4-5,8-9,16H2,(H,17,18). The van der Waals surface area contributed by atoms with Gasteiger partial charge >= 0.3 is 0 Å². The first kappa shape index (κ1) is 15.3. The average molecular weight is 295 g/mol. The van der Waals surface area contributed by atoms with Crippen LogP contribution in [0.25, 0.3) is 11.1 Å². The normalized spacial score (nSPS) is 11.9. The average Bonchev–Trinajstić information content (AvgIpc) is 2.90. The van der Waals surface area contributed by atoms with Crippen LogP contribution in [0.4, 0.5) is 10.4 Å². The van der Waals surface area contributed by atoms with Crippen molar-refractivity contribution < 1.29 is 18.7 Å². The highest BCUT2D eigenvalue weighted by atomic mass is 19.1. The molecule has 0 unspecified atom stereocenters. The molecule has 0 amide bonds. The third-order valence-corrected chi connectivity index (χ3v) is 2.81. The molecule has 0 bridgehead atoms. The fourth-order valence-electron chi connectivity index (χ4n) is 1.66. The van der Waals surface area contributed by atoms with Gasteiger partial charge in [0.25, 0.3) is 6.01 Å². The Hall–Kier alpha value is -2.12. The van der Waals surface area contributed by atoms with Crippen LogP contribution in [0.3, 0.4) is 0 Å². The summed E-state index contributed by atoms with van der Waals surface area (Å²) < 4.78 is 23.3. The lowest BCUT2D eigenvalue weighted by atomic mass is 10.3. The first-order valence-corrected chi connectivity index (χ1v) is 6.63. The molecule has 4 N–H and O–H groups in total. The number of oxazole rings is 1.